The van der Waals surface area contributed by atoms with E-state index in [1.54, 1.807) is 0 Å². The van der Waals surface area contributed by atoms with Crippen molar-refractivity contribution in [2.24, 2.45) is 0 Å². The maximum absolute atomic E-state index is 11.9. The topological polar surface area (TPSA) is 32.8 Å². The first-order valence-corrected chi connectivity index (χ1v) is 9.17. The zero-order valence-electron chi connectivity index (χ0n) is 15.4. The summed E-state index contributed by atoms with van der Waals surface area (Å²) in [5.41, 5.74) is 4.39. The molecular weight excluding hydrogens is 300 g/mol. The highest BCUT2D eigenvalue weighted by molar-refractivity contribution is 5.70. The summed E-state index contributed by atoms with van der Waals surface area (Å²) in [4.78, 5) is 16.1. The van der Waals surface area contributed by atoms with Gasteiger partial charge in [-0.05, 0) is 82.8 Å². The molecule has 4 heteroatoms. The van der Waals surface area contributed by atoms with Gasteiger partial charge in [0.15, 0.2) is 0 Å². The standard InChI is InChI=1S/C20H30N2O2/c1-14(2)22-18(13-24-20(22)23)11-15-5-6-16-7-8-17(19(16)12-15)9-10-21(3)4/h5-6,12,14,17-18H,7-11,13H2,1-4H3. The van der Waals surface area contributed by atoms with Gasteiger partial charge in [-0.1, -0.05) is 18.2 Å². The quantitative estimate of drug-likeness (QED) is 0.801. The minimum absolute atomic E-state index is 0.164. The van der Waals surface area contributed by atoms with Crippen LogP contribution >= 0.6 is 0 Å². The number of nitrogens with zero attached hydrogens (tertiary/aromatic N) is 2. The Morgan fingerprint density at radius 3 is 2.83 bits per heavy atom. The molecule has 2 unspecified atom stereocenters. The van der Waals surface area contributed by atoms with Gasteiger partial charge in [0.25, 0.3) is 0 Å². The summed E-state index contributed by atoms with van der Waals surface area (Å²) >= 11 is 0. The Balaban J connectivity index is 1.72. The van der Waals surface area contributed by atoms with E-state index in [2.05, 4.69) is 51.0 Å². The lowest BCUT2D eigenvalue weighted by atomic mass is 9.94. The zero-order chi connectivity index (χ0) is 17.3. The van der Waals surface area contributed by atoms with Crippen molar-refractivity contribution in [1.82, 2.24) is 9.80 Å². The Morgan fingerprint density at radius 2 is 2.12 bits per heavy atom. The fraction of sp³-hybridized carbons (Fsp3) is 0.650. The maximum atomic E-state index is 11.9. The second-order valence-electron chi connectivity index (χ2n) is 7.80. The lowest BCUT2D eigenvalue weighted by Gasteiger charge is -2.25. The van der Waals surface area contributed by atoms with Gasteiger partial charge in [-0.15, -0.1) is 0 Å². The molecule has 4 nitrogen and oxygen atoms in total. The Labute approximate surface area is 145 Å². The molecule has 3 rings (SSSR count). The molecule has 1 aliphatic heterocycles. The van der Waals surface area contributed by atoms with Crippen molar-refractivity contribution in [3.05, 3.63) is 34.9 Å². The fourth-order valence-corrected chi connectivity index (χ4v) is 4.11. The van der Waals surface area contributed by atoms with Crippen molar-refractivity contribution in [2.45, 2.75) is 57.5 Å². The van der Waals surface area contributed by atoms with Crippen LogP contribution in [0.25, 0.3) is 0 Å². The number of benzene rings is 1. The number of carbonyl (C=O) groups excluding carboxylic acids is 1. The molecule has 0 radical (unpaired) electrons. The Bertz CT molecular complexity index is 597. The van der Waals surface area contributed by atoms with Crippen molar-refractivity contribution < 1.29 is 9.53 Å². The van der Waals surface area contributed by atoms with Crippen LogP contribution in [-0.4, -0.2) is 55.2 Å². The van der Waals surface area contributed by atoms with Crippen molar-refractivity contribution in [2.75, 3.05) is 27.2 Å². The number of fused-ring (bicyclic) bond motifs is 1. The van der Waals surface area contributed by atoms with E-state index in [0.717, 1.165) is 13.0 Å². The SMILES string of the molecule is CC(C)N1C(=O)OCC1Cc1ccc2c(c1)C(CCN(C)C)CC2. The van der Waals surface area contributed by atoms with Crippen molar-refractivity contribution in [3.63, 3.8) is 0 Å². The molecule has 1 aromatic rings. The van der Waals surface area contributed by atoms with Crippen molar-refractivity contribution in [3.8, 4) is 0 Å². The second-order valence-corrected chi connectivity index (χ2v) is 7.80. The third kappa shape index (κ3) is 3.59. The van der Waals surface area contributed by atoms with E-state index in [0.29, 0.717) is 12.5 Å². The molecule has 1 saturated heterocycles. The van der Waals surface area contributed by atoms with E-state index < -0.39 is 0 Å². The smallest absolute Gasteiger partial charge is 0.410 e. The number of cyclic esters (lactones) is 1. The predicted molar refractivity (Wildman–Crippen MR) is 96.5 cm³/mol. The number of amides is 1. The molecule has 1 amide bonds. The van der Waals surface area contributed by atoms with Gasteiger partial charge < -0.3 is 9.64 Å². The van der Waals surface area contributed by atoms with Crippen LogP contribution in [0.1, 0.15) is 49.3 Å². The Morgan fingerprint density at radius 1 is 1.33 bits per heavy atom. The fourth-order valence-electron chi connectivity index (χ4n) is 4.11. The van der Waals surface area contributed by atoms with Crippen LogP contribution < -0.4 is 0 Å². The highest BCUT2D eigenvalue weighted by Crippen LogP contribution is 2.36. The summed E-state index contributed by atoms with van der Waals surface area (Å²) in [6.07, 6.45) is 4.43. The van der Waals surface area contributed by atoms with E-state index in [1.165, 1.54) is 36.0 Å². The lowest BCUT2D eigenvalue weighted by molar-refractivity contribution is 0.149. The van der Waals surface area contributed by atoms with Gasteiger partial charge in [-0.25, -0.2) is 4.79 Å². The van der Waals surface area contributed by atoms with Gasteiger partial charge in [0.05, 0.1) is 6.04 Å². The number of hydrogen-bond donors (Lipinski definition) is 0. The molecule has 2 atom stereocenters. The first kappa shape index (κ1) is 17.3. The molecule has 0 bridgehead atoms. The largest absolute Gasteiger partial charge is 0.447 e. The minimum atomic E-state index is -0.167. The number of aryl methyl sites for hydroxylation is 1. The van der Waals surface area contributed by atoms with Gasteiger partial charge in [-0.3, -0.25) is 4.90 Å². The summed E-state index contributed by atoms with van der Waals surface area (Å²) < 4.78 is 5.27. The van der Waals surface area contributed by atoms with Gasteiger partial charge in [0.1, 0.15) is 6.61 Å². The molecule has 0 saturated carbocycles. The summed E-state index contributed by atoms with van der Waals surface area (Å²) in [7, 11) is 4.29. The van der Waals surface area contributed by atoms with E-state index in [9.17, 15) is 4.79 Å². The van der Waals surface area contributed by atoms with E-state index in [4.69, 9.17) is 4.74 Å². The van der Waals surface area contributed by atoms with E-state index >= 15 is 0 Å². The number of rotatable bonds is 6. The van der Waals surface area contributed by atoms with Gasteiger partial charge >= 0.3 is 6.09 Å². The monoisotopic (exact) mass is 330 g/mol. The van der Waals surface area contributed by atoms with E-state index in [-0.39, 0.29) is 18.2 Å². The zero-order valence-corrected chi connectivity index (χ0v) is 15.4. The molecule has 1 heterocycles. The van der Waals surface area contributed by atoms with E-state index in [1.807, 2.05) is 4.90 Å². The van der Waals surface area contributed by atoms with Crippen LogP contribution in [0, 0.1) is 0 Å². The van der Waals surface area contributed by atoms with Crippen LogP contribution in [-0.2, 0) is 17.6 Å². The van der Waals surface area contributed by atoms with Crippen LogP contribution in [0.3, 0.4) is 0 Å². The normalized spacial score (nSPS) is 23.2. The molecule has 0 spiro atoms. The van der Waals surface area contributed by atoms with Gasteiger partial charge in [0, 0.05) is 6.04 Å². The summed E-state index contributed by atoms with van der Waals surface area (Å²) in [5, 5.41) is 0. The molecule has 0 aromatic heterocycles. The van der Waals surface area contributed by atoms with Crippen molar-refractivity contribution >= 4 is 6.09 Å². The molecule has 1 fully saturated rings. The molecule has 24 heavy (non-hydrogen) atoms. The first-order valence-electron chi connectivity index (χ1n) is 9.17. The number of hydrogen-bond acceptors (Lipinski definition) is 3. The van der Waals surface area contributed by atoms with Gasteiger partial charge in [-0.2, -0.15) is 0 Å². The molecule has 1 aliphatic carbocycles. The first-order chi connectivity index (χ1) is 11.5. The summed E-state index contributed by atoms with van der Waals surface area (Å²) in [5.74, 6) is 0.685. The number of ether oxygens (including phenoxy) is 1. The average Bonchev–Trinajstić information content (AvgIpc) is 3.08. The number of carbonyl (C=O) groups is 1. The van der Waals surface area contributed by atoms with Crippen LogP contribution in [0.4, 0.5) is 4.79 Å². The highest BCUT2D eigenvalue weighted by Gasteiger charge is 2.35. The van der Waals surface area contributed by atoms with Crippen LogP contribution in [0.2, 0.25) is 0 Å². The second kappa shape index (κ2) is 7.14. The molecular formula is C20H30N2O2. The predicted octanol–water partition coefficient (Wildman–Crippen LogP) is 3.44. The lowest BCUT2D eigenvalue weighted by Crippen LogP contribution is -2.40. The molecule has 1 aromatic carbocycles. The minimum Gasteiger partial charge on any atom is -0.447 e. The third-order valence-electron chi connectivity index (χ3n) is 5.37. The molecule has 2 aliphatic rings. The Hall–Kier alpha value is -1.55. The maximum Gasteiger partial charge on any atom is 0.410 e. The Kier molecular flexibility index (Phi) is 5.14. The van der Waals surface area contributed by atoms with Crippen molar-refractivity contribution in [1.29, 1.82) is 0 Å². The summed E-state index contributed by atoms with van der Waals surface area (Å²) in [6, 6.07) is 7.29. The molecule has 132 valence electrons. The third-order valence-corrected chi connectivity index (χ3v) is 5.37. The van der Waals surface area contributed by atoms with Crippen LogP contribution in [0.15, 0.2) is 18.2 Å². The molecule has 0 N–H and O–H groups in total. The summed E-state index contributed by atoms with van der Waals surface area (Å²) in [6.45, 7) is 5.76. The average molecular weight is 330 g/mol. The highest BCUT2D eigenvalue weighted by atomic mass is 16.6. The van der Waals surface area contributed by atoms with Crippen LogP contribution in [0.5, 0.6) is 0 Å². The van der Waals surface area contributed by atoms with Gasteiger partial charge in [0.2, 0.25) is 0 Å².